The molecule has 0 aliphatic rings. The molecule has 0 aromatic heterocycles. The minimum atomic E-state index is -2.94. The van der Waals surface area contributed by atoms with Gasteiger partial charge in [0.15, 0.2) is 0 Å². The summed E-state index contributed by atoms with van der Waals surface area (Å²) in [6.07, 6.45) is -0.140. The molecule has 5 heteroatoms. The van der Waals surface area contributed by atoms with Gasteiger partial charge in [0.25, 0.3) is 0 Å². The van der Waals surface area contributed by atoms with Crippen LogP contribution in [-0.2, 0) is 9.84 Å². The van der Waals surface area contributed by atoms with E-state index in [-0.39, 0.29) is 11.5 Å². The second kappa shape index (κ2) is 6.91. The molecule has 0 saturated carbocycles. The SMILES string of the molecule is CCS(=O)(=O)CCCOc1cc(C)ccc1C(C)O. The van der Waals surface area contributed by atoms with Gasteiger partial charge < -0.3 is 9.84 Å². The minimum Gasteiger partial charge on any atom is -0.493 e. The molecular weight excluding hydrogens is 264 g/mol. The van der Waals surface area contributed by atoms with Crippen LogP contribution in [0.2, 0.25) is 0 Å². The maximum atomic E-state index is 11.3. The van der Waals surface area contributed by atoms with Gasteiger partial charge in [0.1, 0.15) is 15.6 Å². The number of aliphatic hydroxyl groups is 1. The van der Waals surface area contributed by atoms with E-state index in [2.05, 4.69) is 0 Å². The van der Waals surface area contributed by atoms with Crippen molar-refractivity contribution in [2.45, 2.75) is 33.3 Å². The fraction of sp³-hybridized carbons (Fsp3) is 0.571. The molecule has 0 fully saturated rings. The molecule has 0 spiro atoms. The Morgan fingerprint density at radius 2 is 2.05 bits per heavy atom. The third-order valence-corrected chi connectivity index (χ3v) is 4.71. The van der Waals surface area contributed by atoms with Crippen molar-refractivity contribution >= 4 is 9.84 Å². The Kier molecular flexibility index (Phi) is 5.82. The first-order valence-electron chi connectivity index (χ1n) is 6.47. The Labute approximate surface area is 115 Å². The number of aryl methyl sites for hydroxylation is 1. The fourth-order valence-electron chi connectivity index (χ4n) is 1.72. The summed E-state index contributed by atoms with van der Waals surface area (Å²) >= 11 is 0. The van der Waals surface area contributed by atoms with Gasteiger partial charge in [-0.2, -0.15) is 0 Å². The third-order valence-electron chi connectivity index (χ3n) is 2.92. The van der Waals surface area contributed by atoms with Crippen LogP contribution >= 0.6 is 0 Å². The van der Waals surface area contributed by atoms with E-state index < -0.39 is 15.9 Å². The Morgan fingerprint density at radius 3 is 2.63 bits per heavy atom. The predicted octanol–water partition coefficient (Wildman–Crippen LogP) is 2.25. The van der Waals surface area contributed by atoms with Gasteiger partial charge >= 0.3 is 0 Å². The number of sulfone groups is 1. The largest absolute Gasteiger partial charge is 0.493 e. The van der Waals surface area contributed by atoms with Gasteiger partial charge in [0, 0.05) is 11.3 Å². The molecule has 1 rings (SSSR count). The molecule has 0 bridgehead atoms. The number of hydrogen-bond donors (Lipinski definition) is 1. The summed E-state index contributed by atoms with van der Waals surface area (Å²) in [5.74, 6) is 0.930. The lowest BCUT2D eigenvalue weighted by Crippen LogP contribution is -2.12. The smallest absolute Gasteiger partial charge is 0.150 e. The van der Waals surface area contributed by atoms with E-state index in [9.17, 15) is 13.5 Å². The highest BCUT2D eigenvalue weighted by molar-refractivity contribution is 7.91. The lowest BCUT2D eigenvalue weighted by molar-refractivity contribution is 0.191. The van der Waals surface area contributed by atoms with Crippen molar-refractivity contribution in [2.24, 2.45) is 0 Å². The zero-order valence-corrected chi connectivity index (χ0v) is 12.5. The number of hydrogen-bond acceptors (Lipinski definition) is 4. The highest BCUT2D eigenvalue weighted by Crippen LogP contribution is 2.26. The van der Waals surface area contributed by atoms with E-state index in [4.69, 9.17) is 4.74 Å². The quantitative estimate of drug-likeness (QED) is 0.781. The fourth-order valence-corrected chi connectivity index (χ4v) is 2.56. The molecule has 0 radical (unpaired) electrons. The highest BCUT2D eigenvalue weighted by atomic mass is 32.2. The Morgan fingerprint density at radius 1 is 1.37 bits per heavy atom. The second-order valence-electron chi connectivity index (χ2n) is 4.66. The van der Waals surface area contributed by atoms with Crippen molar-refractivity contribution in [2.75, 3.05) is 18.1 Å². The van der Waals surface area contributed by atoms with Crippen LogP contribution in [0.5, 0.6) is 5.75 Å². The summed E-state index contributed by atoms with van der Waals surface area (Å²) in [6, 6.07) is 5.60. The van der Waals surface area contributed by atoms with E-state index in [0.717, 1.165) is 11.1 Å². The number of rotatable bonds is 7. The van der Waals surface area contributed by atoms with Gasteiger partial charge in [0.2, 0.25) is 0 Å². The number of benzene rings is 1. The first kappa shape index (κ1) is 16.0. The van der Waals surface area contributed by atoms with Crippen LogP contribution < -0.4 is 4.74 Å². The molecule has 1 unspecified atom stereocenters. The standard InChI is InChI=1S/C14H22O4S/c1-4-19(16,17)9-5-8-18-14-10-11(2)6-7-13(14)12(3)15/h6-7,10,12,15H,4-5,8-9H2,1-3H3. The Bertz CT molecular complexity index is 506. The monoisotopic (exact) mass is 286 g/mol. The Hall–Kier alpha value is -1.07. The summed E-state index contributed by atoms with van der Waals surface area (Å²) in [5, 5.41) is 9.64. The molecule has 0 heterocycles. The average molecular weight is 286 g/mol. The molecule has 19 heavy (non-hydrogen) atoms. The second-order valence-corrected chi connectivity index (χ2v) is 7.13. The zero-order chi connectivity index (χ0) is 14.5. The summed E-state index contributed by atoms with van der Waals surface area (Å²) in [4.78, 5) is 0. The van der Waals surface area contributed by atoms with Crippen molar-refractivity contribution < 1.29 is 18.3 Å². The molecule has 1 N–H and O–H groups in total. The third kappa shape index (κ3) is 5.20. The van der Waals surface area contributed by atoms with Crippen LogP contribution in [0.4, 0.5) is 0 Å². The normalized spacial score (nSPS) is 13.3. The van der Waals surface area contributed by atoms with E-state index in [0.29, 0.717) is 18.8 Å². The van der Waals surface area contributed by atoms with Gasteiger partial charge in [-0.1, -0.05) is 19.1 Å². The average Bonchev–Trinajstić information content (AvgIpc) is 2.34. The van der Waals surface area contributed by atoms with Crippen molar-refractivity contribution in [3.8, 4) is 5.75 Å². The van der Waals surface area contributed by atoms with Crippen molar-refractivity contribution in [3.63, 3.8) is 0 Å². The molecule has 0 amide bonds. The van der Waals surface area contributed by atoms with Crippen LogP contribution in [0.25, 0.3) is 0 Å². The molecule has 108 valence electrons. The topological polar surface area (TPSA) is 63.6 Å². The van der Waals surface area contributed by atoms with E-state index in [1.165, 1.54) is 0 Å². The molecule has 1 aromatic carbocycles. The molecule has 0 aliphatic heterocycles. The first-order valence-corrected chi connectivity index (χ1v) is 8.29. The molecule has 4 nitrogen and oxygen atoms in total. The Balaban J connectivity index is 2.60. The summed E-state index contributed by atoms with van der Waals surface area (Å²) in [7, 11) is -2.94. The highest BCUT2D eigenvalue weighted by Gasteiger charge is 2.10. The van der Waals surface area contributed by atoms with Crippen molar-refractivity contribution in [1.82, 2.24) is 0 Å². The van der Waals surface area contributed by atoms with Crippen LogP contribution in [0.15, 0.2) is 18.2 Å². The molecule has 0 aliphatic carbocycles. The molecule has 0 saturated heterocycles. The van der Waals surface area contributed by atoms with Gasteiger partial charge in [0.05, 0.1) is 18.5 Å². The van der Waals surface area contributed by atoms with Gasteiger partial charge in [-0.25, -0.2) is 8.42 Å². The maximum absolute atomic E-state index is 11.3. The zero-order valence-electron chi connectivity index (χ0n) is 11.7. The molecule has 1 atom stereocenters. The van der Waals surface area contributed by atoms with Crippen molar-refractivity contribution in [3.05, 3.63) is 29.3 Å². The van der Waals surface area contributed by atoms with Crippen LogP contribution in [0, 0.1) is 6.92 Å². The summed E-state index contributed by atoms with van der Waals surface area (Å²) in [5.41, 5.74) is 1.77. The molecular formula is C14H22O4S. The van der Waals surface area contributed by atoms with Gasteiger partial charge in [-0.3, -0.25) is 0 Å². The van der Waals surface area contributed by atoms with Gasteiger partial charge in [-0.05, 0) is 31.9 Å². The van der Waals surface area contributed by atoms with E-state index in [1.807, 2.05) is 25.1 Å². The van der Waals surface area contributed by atoms with Crippen LogP contribution in [0.3, 0.4) is 0 Å². The van der Waals surface area contributed by atoms with Crippen LogP contribution in [0.1, 0.15) is 37.5 Å². The number of ether oxygens (including phenoxy) is 1. The summed E-state index contributed by atoms with van der Waals surface area (Å²) < 4.78 is 28.3. The maximum Gasteiger partial charge on any atom is 0.150 e. The van der Waals surface area contributed by atoms with Crippen molar-refractivity contribution in [1.29, 1.82) is 0 Å². The van der Waals surface area contributed by atoms with Gasteiger partial charge in [-0.15, -0.1) is 0 Å². The molecule has 1 aromatic rings. The number of aliphatic hydroxyl groups excluding tert-OH is 1. The first-order chi connectivity index (χ1) is 8.85. The predicted molar refractivity (Wildman–Crippen MR) is 76.3 cm³/mol. The van der Waals surface area contributed by atoms with E-state index >= 15 is 0 Å². The van der Waals surface area contributed by atoms with Crippen LogP contribution in [-0.4, -0.2) is 31.6 Å². The lowest BCUT2D eigenvalue weighted by Gasteiger charge is -2.14. The van der Waals surface area contributed by atoms with E-state index in [1.54, 1.807) is 13.8 Å². The minimum absolute atomic E-state index is 0.138. The summed E-state index contributed by atoms with van der Waals surface area (Å²) in [6.45, 7) is 5.60. The lowest BCUT2D eigenvalue weighted by atomic mass is 10.1.